The third-order valence-corrected chi connectivity index (χ3v) is 2.41. The van der Waals surface area contributed by atoms with E-state index < -0.39 is 41.6 Å². The fraction of sp³-hybridized carbons (Fsp3) is 0.727. The lowest BCUT2D eigenvalue weighted by molar-refractivity contribution is -0.498. The lowest BCUT2D eigenvalue weighted by Crippen LogP contribution is -2.72. The van der Waals surface area contributed by atoms with Crippen LogP contribution in [0.1, 0.15) is 20.8 Å². The van der Waals surface area contributed by atoms with E-state index in [2.05, 4.69) is 14.2 Å². The number of carbonyl (C=O) groups excluding carboxylic acids is 3. The van der Waals surface area contributed by atoms with Crippen molar-refractivity contribution >= 4 is 17.9 Å². The van der Waals surface area contributed by atoms with Crippen LogP contribution in [-0.4, -0.2) is 78.8 Å². The largest absolute Gasteiger partial charge is 0.463 e. The first kappa shape index (κ1) is 21.2. The average molecular weight is 342 g/mol. The zero-order chi connectivity index (χ0) is 18.6. The van der Waals surface area contributed by atoms with Crippen LogP contribution in [0.4, 0.5) is 0 Å². The summed E-state index contributed by atoms with van der Waals surface area (Å²) in [7, 11) is 0. The predicted octanol–water partition coefficient (Wildman–Crippen LogP) is -3.96. The molecule has 0 saturated heterocycles. The molecule has 12 heteroatoms. The molecule has 0 spiro atoms. The predicted molar refractivity (Wildman–Crippen MR) is 65.5 cm³/mol. The summed E-state index contributed by atoms with van der Waals surface area (Å²) in [5.41, 5.74) is 0. The fourth-order valence-corrected chi connectivity index (χ4v) is 1.19. The van der Waals surface area contributed by atoms with Gasteiger partial charge in [0.05, 0.1) is 6.61 Å². The Morgan fingerprint density at radius 2 is 1.52 bits per heavy atom. The summed E-state index contributed by atoms with van der Waals surface area (Å²) in [6, 6.07) is 0. The maximum Gasteiger partial charge on any atom is 0.388 e. The molecule has 134 valence electrons. The minimum atomic E-state index is -4.53. The van der Waals surface area contributed by atoms with Crippen molar-refractivity contribution in [3.8, 4) is 0 Å². The molecule has 0 aromatic rings. The molecular weight excluding hydrogens is 324 g/mol. The minimum absolute atomic E-state index is 0.0864. The van der Waals surface area contributed by atoms with E-state index in [1.165, 1.54) is 6.92 Å². The Morgan fingerprint density at radius 3 is 1.91 bits per heavy atom. The van der Waals surface area contributed by atoms with Crippen LogP contribution >= 0.6 is 0 Å². The highest BCUT2D eigenvalue weighted by molar-refractivity contribution is 5.83. The molecule has 1 atom stereocenters. The maximum absolute atomic E-state index is 11.6. The van der Waals surface area contributed by atoms with Crippen molar-refractivity contribution in [2.45, 2.75) is 44.4 Å². The lowest BCUT2D eigenvalue weighted by atomic mass is 10.0. The molecule has 0 rings (SSSR count). The lowest BCUT2D eigenvalue weighted by Gasteiger charge is -2.39. The number of carbonyl (C=O) groups is 3. The number of hydrogen-bond donors (Lipinski definition) is 6. The normalized spacial score (nSPS) is 14.0. The van der Waals surface area contributed by atoms with Gasteiger partial charge in [-0.2, -0.15) is 0 Å². The summed E-state index contributed by atoms with van der Waals surface area (Å²) in [5.74, 6) is -18.1. The first-order valence-corrected chi connectivity index (χ1v) is 6.12. The van der Waals surface area contributed by atoms with E-state index in [1.54, 1.807) is 0 Å². The van der Waals surface area contributed by atoms with E-state index in [-0.39, 0.29) is 6.61 Å². The van der Waals surface area contributed by atoms with Crippen molar-refractivity contribution in [1.29, 1.82) is 0 Å². The zero-order valence-electron chi connectivity index (χ0n) is 12.4. The van der Waals surface area contributed by atoms with Crippen molar-refractivity contribution in [3.63, 3.8) is 0 Å². The number of ether oxygens (including phenoxy) is 3. The van der Waals surface area contributed by atoms with Gasteiger partial charge in [-0.1, -0.05) is 0 Å². The van der Waals surface area contributed by atoms with Gasteiger partial charge >= 0.3 is 35.5 Å². The summed E-state index contributed by atoms with van der Waals surface area (Å²) in [5, 5.41) is 56.1. The van der Waals surface area contributed by atoms with Crippen LogP contribution in [0.15, 0.2) is 0 Å². The number of rotatable bonds is 7. The van der Waals surface area contributed by atoms with Crippen LogP contribution in [-0.2, 0) is 28.6 Å². The Bertz CT molecular complexity index is 466. The molecule has 0 unspecified atom stereocenters. The molecule has 0 aromatic carbocycles. The number of esters is 3. The first-order valence-electron chi connectivity index (χ1n) is 6.12. The Balaban J connectivity index is 5.32. The van der Waals surface area contributed by atoms with Gasteiger partial charge in [0.2, 0.25) is 0 Å². The van der Waals surface area contributed by atoms with Gasteiger partial charge < -0.3 is 44.8 Å². The summed E-state index contributed by atoms with van der Waals surface area (Å²) in [4.78, 5) is 33.4. The Morgan fingerprint density at radius 1 is 1.04 bits per heavy atom. The highest BCUT2D eigenvalue weighted by atomic mass is 16.8. The van der Waals surface area contributed by atoms with E-state index >= 15 is 0 Å². The van der Waals surface area contributed by atoms with Gasteiger partial charge in [0, 0.05) is 6.92 Å². The van der Waals surface area contributed by atoms with Crippen molar-refractivity contribution < 1.29 is 59.2 Å². The zero-order valence-corrected chi connectivity index (χ0v) is 12.4. The van der Waals surface area contributed by atoms with Gasteiger partial charge in [-0.25, -0.2) is 9.59 Å². The van der Waals surface area contributed by atoms with Crippen LogP contribution in [0.5, 0.6) is 0 Å². The Kier molecular flexibility index (Phi) is 6.59. The first-order chi connectivity index (χ1) is 10.2. The van der Waals surface area contributed by atoms with Gasteiger partial charge in [0.25, 0.3) is 0 Å². The SMILES string of the molecule is CCOC(=O)[C@H](C)OC(=O)C(O)(O)C(O)(O)C(O)(O)OC(C)=O. The summed E-state index contributed by atoms with van der Waals surface area (Å²) >= 11 is 0. The highest BCUT2D eigenvalue weighted by Gasteiger charge is 2.69. The summed E-state index contributed by atoms with van der Waals surface area (Å²) < 4.78 is 12.4. The second kappa shape index (κ2) is 7.16. The Labute approximate surface area is 129 Å². The summed E-state index contributed by atoms with van der Waals surface area (Å²) in [6.45, 7) is 2.93. The average Bonchev–Trinajstić information content (AvgIpc) is 2.36. The van der Waals surface area contributed by atoms with Crippen LogP contribution in [0.3, 0.4) is 0 Å². The quantitative estimate of drug-likeness (QED) is 0.149. The van der Waals surface area contributed by atoms with Crippen molar-refractivity contribution in [2.24, 2.45) is 0 Å². The van der Waals surface area contributed by atoms with E-state index in [0.29, 0.717) is 6.92 Å². The molecule has 0 heterocycles. The minimum Gasteiger partial charge on any atom is -0.463 e. The van der Waals surface area contributed by atoms with Gasteiger partial charge in [-0.3, -0.25) is 4.79 Å². The smallest absolute Gasteiger partial charge is 0.388 e. The third kappa shape index (κ3) is 4.57. The molecule has 12 nitrogen and oxygen atoms in total. The van der Waals surface area contributed by atoms with E-state index in [0.717, 1.165) is 6.92 Å². The molecular formula is C11H18O12. The summed E-state index contributed by atoms with van der Waals surface area (Å²) in [6.07, 6.45) is -1.70. The highest BCUT2D eigenvalue weighted by Crippen LogP contribution is 2.30. The molecule has 0 bridgehead atoms. The van der Waals surface area contributed by atoms with Gasteiger partial charge in [-0.15, -0.1) is 0 Å². The molecule has 0 aliphatic carbocycles. The van der Waals surface area contributed by atoms with Crippen LogP contribution in [0.2, 0.25) is 0 Å². The number of aliphatic hydroxyl groups is 6. The molecule has 0 aromatic heterocycles. The second-order valence-corrected chi connectivity index (χ2v) is 4.35. The monoisotopic (exact) mass is 342 g/mol. The molecule has 0 amide bonds. The molecule has 0 radical (unpaired) electrons. The van der Waals surface area contributed by atoms with Crippen molar-refractivity contribution in [1.82, 2.24) is 0 Å². The molecule has 0 aliphatic rings. The molecule has 6 N–H and O–H groups in total. The van der Waals surface area contributed by atoms with Gasteiger partial charge in [0.1, 0.15) is 0 Å². The van der Waals surface area contributed by atoms with Gasteiger partial charge in [-0.05, 0) is 13.8 Å². The molecule has 0 aliphatic heterocycles. The maximum atomic E-state index is 11.6. The van der Waals surface area contributed by atoms with Gasteiger partial charge in [0.15, 0.2) is 6.10 Å². The fourth-order valence-electron chi connectivity index (χ4n) is 1.19. The van der Waals surface area contributed by atoms with E-state index in [1.807, 2.05) is 0 Å². The topological polar surface area (TPSA) is 200 Å². The van der Waals surface area contributed by atoms with Crippen LogP contribution in [0, 0.1) is 0 Å². The molecule has 0 fully saturated rings. The second-order valence-electron chi connectivity index (χ2n) is 4.35. The van der Waals surface area contributed by atoms with Crippen molar-refractivity contribution in [3.05, 3.63) is 0 Å². The molecule has 0 saturated carbocycles. The third-order valence-electron chi connectivity index (χ3n) is 2.41. The molecule has 23 heavy (non-hydrogen) atoms. The van der Waals surface area contributed by atoms with E-state index in [4.69, 9.17) is 0 Å². The van der Waals surface area contributed by atoms with Crippen LogP contribution in [0.25, 0.3) is 0 Å². The standard InChI is InChI=1S/C11H18O12/c1-4-21-7(13)5(2)22-8(14)9(15,16)10(17,18)11(19,20)23-6(3)12/h5,15-20H,4H2,1-3H3/t5-/m0/s1. The Hall–Kier alpha value is -1.83. The van der Waals surface area contributed by atoms with Crippen LogP contribution < -0.4 is 0 Å². The number of hydrogen-bond acceptors (Lipinski definition) is 12. The van der Waals surface area contributed by atoms with E-state index in [9.17, 15) is 45.0 Å². The van der Waals surface area contributed by atoms with Crippen molar-refractivity contribution in [2.75, 3.05) is 6.61 Å².